The van der Waals surface area contributed by atoms with Crippen molar-refractivity contribution in [3.05, 3.63) is 27.5 Å². The molecule has 0 bridgehead atoms. The molecular weight excluding hydrogens is 267 g/mol. The van der Waals surface area contributed by atoms with Crippen LogP contribution in [0.5, 0.6) is 0 Å². The third-order valence-electron chi connectivity index (χ3n) is 1.05. The molecule has 6 heteroatoms. The van der Waals surface area contributed by atoms with Crippen molar-refractivity contribution in [1.29, 1.82) is 0 Å². The van der Waals surface area contributed by atoms with E-state index in [1.165, 1.54) is 0 Å². The van der Waals surface area contributed by atoms with Gasteiger partial charge in [0.05, 0.1) is 5.02 Å². The highest BCUT2D eigenvalue weighted by Gasteiger charge is 2.07. The summed E-state index contributed by atoms with van der Waals surface area (Å²) in [5, 5.41) is 0.265. The topological polar surface area (TPSA) is 56.0 Å². The van der Waals surface area contributed by atoms with Crippen LogP contribution in [0.3, 0.4) is 0 Å². The van der Waals surface area contributed by atoms with Gasteiger partial charge in [-0.25, -0.2) is 4.98 Å². The zero-order chi connectivity index (χ0) is 8.43. The third-order valence-corrected chi connectivity index (χ3v) is 1.79. The first kappa shape index (κ1) is 11.7. The zero-order valence-electron chi connectivity index (χ0n) is 5.75. The normalized spacial score (nSPS) is 8.83. The Kier molecular flexibility index (Phi) is 4.52. The van der Waals surface area contributed by atoms with Crippen LogP contribution in [-0.2, 0) is 0 Å². The van der Waals surface area contributed by atoms with E-state index in [4.69, 9.17) is 17.3 Å². The van der Waals surface area contributed by atoms with Gasteiger partial charge in [-0.2, -0.15) is 0 Å². The number of halogens is 3. The number of rotatable bonds is 1. The standard InChI is InChI=1S/C6H4BrClN2O.ClH/c7-4-2-1-3(8)5(10-4)6(9)11;/h1-2H,(H2,9,11);1H. The quantitative estimate of drug-likeness (QED) is 0.795. The molecule has 0 aliphatic heterocycles. The second kappa shape index (κ2) is 4.64. The van der Waals surface area contributed by atoms with Crippen LogP contribution in [0.25, 0.3) is 0 Å². The fraction of sp³-hybridized carbons (Fsp3) is 0. The fourth-order valence-electron chi connectivity index (χ4n) is 0.591. The predicted octanol–water partition coefficient (Wildman–Crippen LogP) is 2.02. The Bertz CT molecular complexity index is 306. The first-order valence-electron chi connectivity index (χ1n) is 2.73. The molecule has 0 radical (unpaired) electrons. The summed E-state index contributed by atoms with van der Waals surface area (Å²) < 4.78 is 0.538. The Labute approximate surface area is 88.8 Å². The average Bonchev–Trinajstić information content (AvgIpc) is 1.94. The number of aromatic nitrogens is 1. The monoisotopic (exact) mass is 270 g/mol. The molecule has 1 rings (SSSR count). The lowest BCUT2D eigenvalue weighted by atomic mass is 10.3. The number of hydrogen-bond donors (Lipinski definition) is 1. The van der Waals surface area contributed by atoms with E-state index in [0.29, 0.717) is 4.60 Å². The molecule has 1 aromatic heterocycles. The summed E-state index contributed by atoms with van der Waals surface area (Å²) in [5.74, 6) is -0.628. The van der Waals surface area contributed by atoms with Gasteiger partial charge in [-0.3, -0.25) is 4.79 Å². The van der Waals surface area contributed by atoms with Crippen LogP contribution < -0.4 is 5.73 Å². The second-order valence-electron chi connectivity index (χ2n) is 1.83. The number of primary amides is 1. The fourth-order valence-corrected chi connectivity index (χ4v) is 1.10. The molecule has 1 amide bonds. The van der Waals surface area contributed by atoms with Crippen molar-refractivity contribution < 1.29 is 4.79 Å². The smallest absolute Gasteiger partial charge is 0.268 e. The van der Waals surface area contributed by atoms with Crippen LogP contribution >= 0.6 is 39.9 Å². The molecule has 0 saturated heterocycles. The van der Waals surface area contributed by atoms with Gasteiger partial charge in [0, 0.05) is 0 Å². The zero-order valence-corrected chi connectivity index (χ0v) is 8.91. The summed E-state index contributed by atoms with van der Waals surface area (Å²) in [6.07, 6.45) is 0. The number of carbonyl (C=O) groups is 1. The highest BCUT2D eigenvalue weighted by Crippen LogP contribution is 2.16. The molecule has 0 spiro atoms. The van der Waals surface area contributed by atoms with Gasteiger partial charge in [0.1, 0.15) is 10.3 Å². The van der Waals surface area contributed by atoms with E-state index in [9.17, 15) is 4.79 Å². The van der Waals surface area contributed by atoms with Gasteiger partial charge in [-0.15, -0.1) is 12.4 Å². The molecule has 1 aromatic rings. The molecule has 3 nitrogen and oxygen atoms in total. The summed E-state index contributed by atoms with van der Waals surface area (Å²) in [5.41, 5.74) is 5.06. The van der Waals surface area contributed by atoms with Crippen molar-refractivity contribution in [3.63, 3.8) is 0 Å². The molecule has 0 atom stereocenters. The molecule has 2 N–H and O–H groups in total. The number of hydrogen-bond acceptors (Lipinski definition) is 2. The predicted molar refractivity (Wildman–Crippen MR) is 52.7 cm³/mol. The van der Waals surface area contributed by atoms with Gasteiger partial charge in [0.25, 0.3) is 5.91 Å². The van der Waals surface area contributed by atoms with Gasteiger partial charge >= 0.3 is 0 Å². The van der Waals surface area contributed by atoms with Gasteiger partial charge in [0.2, 0.25) is 0 Å². The number of nitrogens with two attached hydrogens (primary N) is 1. The Morgan fingerprint density at radius 1 is 1.58 bits per heavy atom. The largest absolute Gasteiger partial charge is 0.364 e. The minimum Gasteiger partial charge on any atom is -0.364 e. The number of amides is 1. The maximum absolute atomic E-state index is 10.6. The van der Waals surface area contributed by atoms with Crippen LogP contribution in [0.4, 0.5) is 0 Å². The first-order valence-corrected chi connectivity index (χ1v) is 3.90. The molecule has 12 heavy (non-hydrogen) atoms. The average molecular weight is 272 g/mol. The molecular formula is C6H5BrCl2N2O. The van der Waals surface area contributed by atoms with Crippen molar-refractivity contribution in [1.82, 2.24) is 4.98 Å². The van der Waals surface area contributed by atoms with Crippen molar-refractivity contribution in [3.8, 4) is 0 Å². The van der Waals surface area contributed by atoms with Crippen LogP contribution in [0.15, 0.2) is 16.7 Å². The summed E-state index contributed by atoms with van der Waals surface area (Å²) in [6, 6.07) is 3.19. The molecule has 0 saturated carbocycles. The number of carbonyl (C=O) groups excluding carboxylic acids is 1. The number of pyridine rings is 1. The van der Waals surface area contributed by atoms with Gasteiger partial charge in [-0.1, -0.05) is 11.6 Å². The molecule has 0 aliphatic carbocycles. The highest BCUT2D eigenvalue weighted by atomic mass is 79.9. The minimum atomic E-state index is -0.628. The lowest BCUT2D eigenvalue weighted by molar-refractivity contribution is 0.0995. The second-order valence-corrected chi connectivity index (χ2v) is 3.05. The highest BCUT2D eigenvalue weighted by molar-refractivity contribution is 9.10. The van der Waals surface area contributed by atoms with Crippen LogP contribution in [0.2, 0.25) is 5.02 Å². The Morgan fingerprint density at radius 3 is 2.58 bits per heavy atom. The SMILES string of the molecule is Cl.NC(=O)c1nc(Br)ccc1Cl. The van der Waals surface area contributed by atoms with Gasteiger partial charge < -0.3 is 5.73 Å². The van der Waals surface area contributed by atoms with Crippen LogP contribution in [-0.4, -0.2) is 10.9 Å². The maximum Gasteiger partial charge on any atom is 0.268 e. The maximum atomic E-state index is 10.6. The molecule has 0 aliphatic rings. The summed E-state index contributed by atoms with van der Waals surface area (Å²) in [4.78, 5) is 14.4. The summed E-state index contributed by atoms with van der Waals surface area (Å²) in [7, 11) is 0. The van der Waals surface area contributed by atoms with Gasteiger partial charge in [-0.05, 0) is 28.1 Å². The Hall–Kier alpha value is -0.320. The van der Waals surface area contributed by atoms with Crippen molar-refractivity contribution in [2.75, 3.05) is 0 Å². The van der Waals surface area contributed by atoms with Crippen LogP contribution in [0.1, 0.15) is 10.5 Å². The molecule has 0 aromatic carbocycles. The van der Waals surface area contributed by atoms with E-state index < -0.39 is 5.91 Å². The Morgan fingerprint density at radius 2 is 2.17 bits per heavy atom. The summed E-state index contributed by atoms with van der Waals surface area (Å²) in [6.45, 7) is 0. The van der Waals surface area contributed by atoms with E-state index in [-0.39, 0.29) is 23.1 Å². The Balaban J connectivity index is 0.00000121. The molecule has 66 valence electrons. The van der Waals surface area contributed by atoms with E-state index in [2.05, 4.69) is 20.9 Å². The van der Waals surface area contributed by atoms with E-state index >= 15 is 0 Å². The van der Waals surface area contributed by atoms with Gasteiger partial charge in [0.15, 0.2) is 0 Å². The van der Waals surface area contributed by atoms with Crippen molar-refractivity contribution in [2.24, 2.45) is 5.73 Å². The van der Waals surface area contributed by atoms with E-state index in [1.807, 2.05) is 0 Å². The lowest BCUT2D eigenvalue weighted by Gasteiger charge is -1.97. The van der Waals surface area contributed by atoms with Crippen molar-refractivity contribution in [2.45, 2.75) is 0 Å². The summed E-state index contributed by atoms with van der Waals surface area (Å²) >= 11 is 8.69. The third kappa shape index (κ3) is 2.62. The van der Waals surface area contributed by atoms with E-state index in [0.717, 1.165) is 0 Å². The molecule has 0 unspecified atom stereocenters. The molecule has 1 heterocycles. The minimum absolute atomic E-state index is 0. The lowest BCUT2D eigenvalue weighted by Crippen LogP contribution is -2.13. The van der Waals surface area contributed by atoms with Crippen LogP contribution in [0, 0.1) is 0 Å². The first-order chi connectivity index (χ1) is 5.11. The van der Waals surface area contributed by atoms with E-state index in [1.54, 1.807) is 12.1 Å². The molecule has 0 fully saturated rings. The number of nitrogens with zero attached hydrogens (tertiary/aromatic N) is 1. The van der Waals surface area contributed by atoms with Crippen molar-refractivity contribution >= 4 is 45.8 Å².